The van der Waals surface area contributed by atoms with Crippen LogP contribution in [0.2, 0.25) is 0 Å². The van der Waals surface area contributed by atoms with Crippen LogP contribution in [0.15, 0.2) is 35.9 Å². The molecule has 1 aromatic carbocycles. The lowest BCUT2D eigenvalue weighted by molar-refractivity contribution is -0.142. The van der Waals surface area contributed by atoms with Gasteiger partial charge in [0.15, 0.2) is 11.5 Å². The van der Waals surface area contributed by atoms with Crippen LogP contribution in [-0.4, -0.2) is 77.1 Å². The van der Waals surface area contributed by atoms with Crippen molar-refractivity contribution in [2.75, 3.05) is 26.8 Å². The Morgan fingerprint density at radius 1 is 1.14 bits per heavy atom. The zero-order valence-corrected chi connectivity index (χ0v) is 27.3. The molecular weight excluding hydrogens is 663 g/mol. The van der Waals surface area contributed by atoms with Crippen molar-refractivity contribution in [1.82, 2.24) is 10.2 Å². The number of ether oxygens (including phenoxy) is 2. The van der Waals surface area contributed by atoms with Gasteiger partial charge in [-0.3, -0.25) is 9.59 Å². The summed E-state index contributed by atoms with van der Waals surface area (Å²) < 4.78 is 12.7. The third-order valence-corrected chi connectivity index (χ3v) is 10.6. The van der Waals surface area contributed by atoms with E-state index in [1.165, 1.54) is 26.4 Å². The van der Waals surface area contributed by atoms with E-state index in [1.807, 2.05) is 17.9 Å². The number of halogens is 1. The summed E-state index contributed by atoms with van der Waals surface area (Å²) in [7, 11) is 1.51. The number of nitrogens with one attached hydrogen (secondary N) is 1. The summed E-state index contributed by atoms with van der Waals surface area (Å²) in [5.41, 5.74) is 1.09. The molecule has 236 valence electrons. The summed E-state index contributed by atoms with van der Waals surface area (Å²) >= 11 is 2.10. The highest BCUT2D eigenvalue weighted by Crippen LogP contribution is 2.60. The first-order chi connectivity index (χ1) is 20.7. The largest absolute Gasteiger partial charge is 0.493 e. The molecule has 4 saturated carbocycles. The monoisotopic (exact) mass is 708 g/mol. The number of amides is 2. The minimum absolute atomic E-state index is 0.0275. The van der Waals surface area contributed by atoms with Crippen LogP contribution in [0, 0.1) is 26.7 Å². The summed E-state index contributed by atoms with van der Waals surface area (Å²) in [6.45, 7) is 2.27. The standard InChI is InChI=1S/C33H45IN2O7/c1-3-4-5-29(39)36(19-33-15-20-8-21(16-33)10-22(9-20)17-33)26-13-24(32(41)35-6-7-37)14-27(30(26)40)43-31-25(34)11-23(18-38)12-28(31)42-2/h4-5,11-12,14,20-22,26-27,30,37-38,40H,3,6-10,13,15-19H2,1-2H3,(H,35,41)/t20?,21?,22?,26-,27+,30+,33?/m1/s1. The van der Waals surface area contributed by atoms with Gasteiger partial charge in [0, 0.05) is 25.1 Å². The molecule has 1 aromatic rings. The maximum Gasteiger partial charge on any atom is 0.247 e. The van der Waals surface area contributed by atoms with Gasteiger partial charge in [0.1, 0.15) is 12.2 Å². The van der Waals surface area contributed by atoms with E-state index >= 15 is 0 Å². The first-order valence-electron chi connectivity index (χ1n) is 15.6. The van der Waals surface area contributed by atoms with Crippen molar-refractivity contribution in [3.05, 3.63) is 45.1 Å². The zero-order chi connectivity index (χ0) is 30.7. The number of aliphatic hydroxyl groups is 3. The van der Waals surface area contributed by atoms with E-state index in [9.17, 15) is 24.9 Å². The number of methoxy groups -OCH3 is 1. The number of aliphatic hydroxyl groups excluding tert-OH is 3. The third-order valence-electron chi connectivity index (χ3n) is 9.79. The summed E-state index contributed by atoms with van der Waals surface area (Å²) in [4.78, 5) is 29.0. The molecule has 0 aliphatic heterocycles. The van der Waals surface area contributed by atoms with Gasteiger partial charge >= 0.3 is 0 Å². The van der Waals surface area contributed by atoms with Crippen LogP contribution in [0.5, 0.6) is 11.5 Å². The summed E-state index contributed by atoms with van der Waals surface area (Å²) in [6, 6.07) is 2.77. The molecule has 5 aliphatic carbocycles. The highest BCUT2D eigenvalue weighted by Gasteiger charge is 2.53. The van der Waals surface area contributed by atoms with Gasteiger partial charge < -0.3 is 35.0 Å². The lowest BCUT2D eigenvalue weighted by atomic mass is 9.49. The molecule has 4 bridgehead atoms. The van der Waals surface area contributed by atoms with Gasteiger partial charge in [-0.2, -0.15) is 0 Å². The van der Waals surface area contributed by atoms with Crippen molar-refractivity contribution >= 4 is 34.4 Å². The molecule has 5 aliphatic rings. The minimum Gasteiger partial charge on any atom is -0.493 e. The van der Waals surface area contributed by atoms with Gasteiger partial charge in [-0.1, -0.05) is 13.0 Å². The van der Waals surface area contributed by atoms with Crippen molar-refractivity contribution in [2.45, 2.75) is 83.1 Å². The Hall–Kier alpha value is -2.15. The third kappa shape index (κ3) is 7.07. The maximum absolute atomic E-state index is 13.9. The molecule has 0 radical (unpaired) electrons. The Morgan fingerprint density at radius 2 is 1.81 bits per heavy atom. The van der Waals surface area contributed by atoms with Crippen LogP contribution in [0.4, 0.5) is 0 Å². The van der Waals surface area contributed by atoms with Crippen LogP contribution < -0.4 is 14.8 Å². The molecule has 0 saturated heterocycles. The first-order valence-corrected chi connectivity index (χ1v) is 16.7. The molecule has 0 unspecified atom stereocenters. The fourth-order valence-corrected chi connectivity index (χ4v) is 9.21. The van der Waals surface area contributed by atoms with Crippen molar-refractivity contribution in [3.63, 3.8) is 0 Å². The summed E-state index contributed by atoms with van der Waals surface area (Å²) in [5, 5.41) is 33.7. The molecule has 9 nitrogen and oxygen atoms in total. The Balaban J connectivity index is 1.50. The van der Waals surface area contributed by atoms with Crippen LogP contribution in [0.1, 0.15) is 63.9 Å². The lowest BCUT2D eigenvalue weighted by Crippen LogP contribution is -2.59. The molecule has 6 rings (SSSR count). The number of hydrogen-bond acceptors (Lipinski definition) is 7. The fourth-order valence-electron chi connectivity index (χ4n) is 8.41. The van der Waals surface area contributed by atoms with Crippen molar-refractivity contribution in [2.24, 2.45) is 23.2 Å². The quantitative estimate of drug-likeness (QED) is 0.193. The predicted octanol–water partition coefficient (Wildman–Crippen LogP) is 3.72. The Morgan fingerprint density at radius 3 is 2.40 bits per heavy atom. The topological polar surface area (TPSA) is 129 Å². The average Bonchev–Trinajstić information content (AvgIpc) is 2.98. The van der Waals surface area contributed by atoms with Gasteiger partial charge in [-0.15, -0.1) is 0 Å². The van der Waals surface area contributed by atoms with E-state index in [2.05, 4.69) is 27.9 Å². The van der Waals surface area contributed by atoms with Crippen LogP contribution in [0.25, 0.3) is 0 Å². The molecule has 0 aromatic heterocycles. The van der Waals surface area contributed by atoms with Crippen LogP contribution in [0.3, 0.4) is 0 Å². The number of benzene rings is 1. The Kier molecular flexibility index (Phi) is 10.4. The zero-order valence-electron chi connectivity index (χ0n) is 25.1. The normalized spacial score (nSPS) is 31.2. The van der Waals surface area contributed by atoms with Gasteiger partial charge in [0.25, 0.3) is 0 Å². The van der Waals surface area contributed by atoms with Crippen LogP contribution >= 0.6 is 22.6 Å². The molecule has 0 spiro atoms. The van der Waals surface area contributed by atoms with E-state index in [4.69, 9.17) is 9.47 Å². The molecule has 43 heavy (non-hydrogen) atoms. The van der Waals surface area contributed by atoms with E-state index < -0.39 is 18.2 Å². The lowest BCUT2D eigenvalue weighted by Gasteiger charge is -2.58. The highest BCUT2D eigenvalue weighted by atomic mass is 127. The van der Waals surface area contributed by atoms with E-state index in [0.717, 1.165) is 19.3 Å². The molecule has 4 N–H and O–H groups in total. The van der Waals surface area contributed by atoms with Gasteiger partial charge in [0.05, 0.1) is 29.9 Å². The van der Waals surface area contributed by atoms with Crippen molar-refractivity contribution in [3.8, 4) is 11.5 Å². The second-order valence-corrected chi connectivity index (χ2v) is 14.1. The average molecular weight is 709 g/mol. The predicted molar refractivity (Wildman–Crippen MR) is 170 cm³/mol. The van der Waals surface area contributed by atoms with Crippen molar-refractivity contribution < 1.29 is 34.4 Å². The highest BCUT2D eigenvalue weighted by molar-refractivity contribution is 14.1. The smallest absolute Gasteiger partial charge is 0.247 e. The van der Waals surface area contributed by atoms with E-state index in [0.29, 0.717) is 56.9 Å². The number of allylic oxidation sites excluding steroid dienone is 1. The Bertz CT molecular complexity index is 1210. The molecule has 3 atom stereocenters. The number of nitrogens with zero attached hydrogens (tertiary/aromatic N) is 1. The number of carbonyl (C=O) groups is 2. The second kappa shape index (κ2) is 13.9. The van der Waals surface area contributed by atoms with Crippen LogP contribution in [-0.2, 0) is 16.2 Å². The number of carbonyl (C=O) groups excluding carboxylic acids is 2. The first kappa shape index (κ1) is 32.2. The summed E-state index contributed by atoms with van der Waals surface area (Å²) in [5.74, 6) is 2.40. The minimum atomic E-state index is -1.11. The van der Waals surface area contributed by atoms with E-state index in [-0.39, 0.29) is 43.4 Å². The second-order valence-electron chi connectivity index (χ2n) is 13.0. The van der Waals surface area contributed by atoms with Gasteiger partial charge in [0.2, 0.25) is 11.8 Å². The number of hydrogen-bond donors (Lipinski definition) is 4. The molecular formula is C33H45IN2O7. The maximum atomic E-state index is 13.9. The van der Waals surface area contributed by atoms with Gasteiger partial charge in [-0.25, -0.2) is 0 Å². The number of rotatable bonds is 12. The Labute approximate surface area is 267 Å². The molecule has 2 amide bonds. The molecule has 0 heterocycles. The van der Waals surface area contributed by atoms with Gasteiger partial charge in [-0.05, 0) is 121 Å². The SMILES string of the molecule is CCC=CC(=O)N(CC12CC3CC(CC(C3)C1)C2)[C@@H]1CC(C(=O)NCCO)=C[C@H](Oc2c(I)cc(CO)cc2OC)[C@H]1O. The fraction of sp³-hybridized carbons (Fsp3) is 0.636. The summed E-state index contributed by atoms with van der Waals surface area (Å²) in [6.07, 6.45) is 11.1. The molecule has 10 heteroatoms. The van der Waals surface area contributed by atoms with Crippen molar-refractivity contribution in [1.29, 1.82) is 0 Å². The van der Waals surface area contributed by atoms with E-state index in [1.54, 1.807) is 24.3 Å². The molecule has 4 fully saturated rings.